The Labute approximate surface area is 110 Å². The molecular weight excluding hydrogens is 272 g/mol. The third kappa shape index (κ3) is 2.51. The highest BCUT2D eigenvalue weighted by atomic mass is 32.2. The second-order valence-electron chi connectivity index (χ2n) is 4.34. The average Bonchev–Trinajstić information content (AvgIpc) is 2.35. The van der Waals surface area contributed by atoms with E-state index in [0.29, 0.717) is 12.4 Å². The summed E-state index contributed by atoms with van der Waals surface area (Å²) in [5.74, 6) is -1.60. The van der Waals surface area contributed by atoms with E-state index >= 15 is 0 Å². The van der Waals surface area contributed by atoms with E-state index in [9.17, 15) is 13.2 Å². The largest absolute Gasteiger partial charge is 0.486 e. The van der Waals surface area contributed by atoms with Gasteiger partial charge in [0, 0.05) is 6.26 Å². The number of fused-ring (bicyclic) bond motifs is 1. The van der Waals surface area contributed by atoms with E-state index < -0.39 is 21.7 Å². The zero-order chi connectivity index (χ0) is 14.2. The van der Waals surface area contributed by atoms with Crippen molar-refractivity contribution in [2.24, 2.45) is 0 Å². The summed E-state index contributed by atoms with van der Waals surface area (Å²) in [6.07, 6.45) is 1.03. The minimum absolute atomic E-state index is 0.0976. The summed E-state index contributed by atoms with van der Waals surface area (Å²) in [5.41, 5.74) is 0.208. The molecule has 0 aliphatic carbocycles. The molecule has 0 saturated carbocycles. The van der Waals surface area contributed by atoms with Gasteiger partial charge in [-0.05, 0) is 18.6 Å². The van der Waals surface area contributed by atoms with Gasteiger partial charge in [0.2, 0.25) is 0 Å². The first kappa shape index (κ1) is 13.7. The molecule has 104 valence electrons. The summed E-state index contributed by atoms with van der Waals surface area (Å²) >= 11 is 0. The van der Waals surface area contributed by atoms with Gasteiger partial charge in [-0.2, -0.15) is 0 Å². The van der Waals surface area contributed by atoms with Gasteiger partial charge in [-0.25, -0.2) is 8.42 Å². The molecule has 0 radical (unpaired) electrons. The lowest BCUT2D eigenvalue weighted by Gasteiger charge is -2.23. The summed E-state index contributed by atoms with van der Waals surface area (Å²) in [6.45, 7) is 2.01. The Hall–Kier alpha value is -1.76. The van der Waals surface area contributed by atoms with Gasteiger partial charge in [0.15, 0.2) is 21.3 Å². The van der Waals surface area contributed by atoms with Gasteiger partial charge in [-0.3, -0.25) is 4.79 Å². The predicted molar refractivity (Wildman–Crippen MR) is 66.6 cm³/mol. The molecule has 1 aromatic rings. The zero-order valence-electron chi connectivity index (χ0n) is 10.5. The number of rotatable bonds is 3. The van der Waals surface area contributed by atoms with Crippen molar-refractivity contribution in [1.29, 1.82) is 0 Å². The lowest BCUT2D eigenvalue weighted by atomic mass is 10.0. The topological polar surface area (TPSA) is 89.9 Å². The van der Waals surface area contributed by atoms with E-state index in [2.05, 4.69) is 0 Å². The van der Waals surface area contributed by atoms with Crippen LogP contribution in [0.4, 0.5) is 0 Å². The standard InChI is InChI=1S/C12H14O6S/c1-7(12(13)14)8-3-4-9-10(18-6-5-17-9)11(8)19(2,15)16/h3-4,7H,5-6H2,1-2H3,(H,13,14). The molecule has 0 aromatic heterocycles. The smallest absolute Gasteiger partial charge is 0.310 e. The first-order valence-electron chi connectivity index (χ1n) is 5.67. The minimum Gasteiger partial charge on any atom is -0.486 e. The molecule has 1 heterocycles. The number of carboxylic acids is 1. The van der Waals surface area contributed by atoms with Gasteiger partial charge in [0.25, 0.3) is 0 Å². The quantitative estimate of drug-likeness (QED) is 0.893. The second kappa shape index (κ2) is 4.73. The Kier molecular flexibility index (Phi) is 3.40. The van der Waals surface area contributed by atoms with Gasteiger partial charge < -0.3 is 14.6 Å². The number of aliphatic carboxylic acids is 1. The maximum Gasteiger partial charge on any atom is 0.310 e. The van der Waals surface area contributed by atoms with E-state index in [1.54, 1.807) is 0 Å². The van der Waals surface area contributed by atoms with Crippen LogP contribution >= 0.6 is 0 Å². The molecule has 0 bridgehead atoms. The van der Waals surface area contributed by atoms with Crippen LogP contribution in [0.25, 0.3) is 0 Å². The fourth-order valence-corrected chi connectivity index (χ4v) is 3.13. The number of hydrogen-bond donors (Lipinski definition) is 1. The molecule has 1 aliphatic heterocycles. The van der Waals surface area contributed by atoms with Crippen molar-refractivity contribution < 1.29 is 27.8 Å². The van der Waals surface area contributed by atoms with Crippen LogP contribution < -0.4 is 9.47 Å². The third-order valence-corrected chi connectivity index (χ3v) is 4.06. The molecule has 0 amide bonds. The molecule has 0 saturated heterocycles. The maximum atomic E-state index is 11.9. The Balaban J connectivity index is 2.72. The van der Waals surface area contributed by atoms with E-state index in [-0.39, 0.29) is 22.8 Å². The van der Waals surface area contributed by atoms with Crippen molar-refractivity contribution in [3.63, 3.8) is 0 Å². The number of sulfone groups is 1. The van der Waals surface area contributed by atoms with E-state index in [1.807, 2.05) is 0 Å². The molecule has 19 heavy (non-hydrogen) atoms. The summed E-state index contributed by atoms with van der Waals surface area (Å²) in [6, 6.07) is 3.00. The predicted octanol–water partition coefficient (Wildman–Crippen LogP) is 1.05. The fraction of sp³-hybridized carbons (Fsp3) is 0.417. The van der Waals surface area contributed by atoms with Gasteiger partial charge in [-0.15, -0.1) is 0 Å². The molecule has 0 spiro atoms. The second-order valence-corrected chi connectivity index (χ2v) is 6.29. The number of ether oxygens (including phenoxy) is 2. The van der Waals surface area contributed by atoms with Gasteiger partial charge in [0.05, 0.1) is 5.92 Å². The van der Waals surface area contributed by atoms with E-state index in [0.717, 1.165) is 6.26 Å². The number of carboxylic acid groups (broad SMARTS) is 1. The minimum atomic E-state index is -3.62. The Morgan fingerprint density at radius 1 is 1.32 bits per heavy atom. The average molecular weight is 286 g/mol. The third-order valence-electron chi connectivity index (χ3n) is 2.90. The summed E-state index contributed by atoms with van der Waals surface area (Å²) in [7, 11) is -3.62. The highest BCUT2D eigenvalue weighted by Crippen LogP contribution is 2.41. The number of hydrogen-bond acceptors (Lipinski definition) is 5. The highest BCUT2D eigenvalue weighted by Gasteiger charge is 2.30. The SMILES string of the molecule is CC(C(=O)O)c1ccc2c(c1S(C)(=O)=O)OCCO2. The van der Waals surface area contributed by atoms with Crippen LogP contribution in [0.15, 0.2) is 17.0 Å². The van der Waals surface area contributed by atoms with Crippen LogP contribution in [-0.2, 0) is 14.6 Å². The van der Waals surface area contributed by atoms with Gasteiger partial charge >= 0.3 is 5.97 Å². The number of benzene rings is 1. The van der Waals surface area contributed by atoms with E-state index in [4.69, 9.17) is 14.6 Å². The molecule has 0 fully saturated rings. The molecule has 7 heteroatoms. The van der Waals surface area contributed by atoms with Crippen molar-refractivity contribution in [1.82, 2.24) is 0 Å². The van der Waals surface area contributed by atoms with Crippen LogP contribution in [0, 0.1) is 0 Å². The molecule has 1 N–H and O–H groups in total. The molecule has 1 atom stereocenters. The monoisotopic (exact) mass is 286 g/mol. The first-order chi connectivity index (χ1) is 8.82. The summed E-state index contributed by atoms with van der Waals surface area (Å²) in [4.78, 5) is 11.0. The van der Waals surface area contributed by atoms with Crippen LogP contribution in [0.2, 0.25) is 0 Å². The van der Waals surface area contributed by atoms with Gasteiger partial charge in [-0.1, -0.05) is 6.07 Å². The van der Waals surface area contributed by atoms with Crippen molar-refractivity contribution in [2.45, 2.75) is 17.7 Å². The van der Waals surface area contributed by atoms with Crippen molar-refractivity contribution in [3.8, 4) is 11.5 Å². The van der Waals surface area contributed by atoms with Crippen LogP contribution in [-0.4, -0.2) is 39.0 Å². The molecule has 2 rings (SSSR count). The van der Waals surface area contributed by atoms with Crippen molar-refractivity contribution in [3.05, 3.63) is 17.7 Å². The maximum absolute atomic E-state index is 11.9. The molecular formula is C12H14O6S. The Morgan fingerprint density at radius 3 is 2.53 bits per heavy atom. The van der Waals surface area contributed by atoms with Crippen LogP contribution in [0.5, 0.6) is 11.5 Å². The van der Waals surface area contributed by atoms with Crippen LogP contribution in [0.1, 0.15) is 18.4 Å². The zero-order valence-corrected chi connectivity index (χ0v) is 11.4. The summed E-state index contributed by atoms with van der Waals surface area (Å²) in [5, 5.41) is 9.06. The molecule has 6 nitrogen and oxygen atoms in total. The Morgan fingerprint density at radius 2 is 1.95 bits per heavy atom. The Bertz CT molecular complexity index is 619. The lowest BCUT2D eigenvalue weighted by Crippen LogP contribution is -2.20. The summed E-state index contributed by atoms with van der Waals surface area (Å²) < 4.78 is 34.5. The molecule has 1 aliphatic rings. The van der Waals surface area contributed by atoms with E-state index in [1.165, 1.54) is 19.1 Å². The van der Waals surface area contributed by atoms with Crippen molar-refractivity contribution >= 4 is 15.8 Å². The first-order valence-corrected chi connectivity index (χ1v) is 7.57. The molecule has 1 unspecified atom stereocenters. The molecule has 1 aromatic carbocycles. The normalized spacial score (nSPS) is 15.9. The lowest BCUT2D eigenvalue weighted by molar-refractivity contribution is -0.138. The number of carbonyl (C=O) groups is 1. The van der Waals surface area contributed by atoms with Gasteiger partial charge in [0.1, 0.15) is 18.1 Å². The fourth-order valence-electron chi connectivity index (χ4n) is 1.96. The highest BCUT2D eigenvalue weighted by molar-refractivity contribution is 7.90. The van der Waals surface area contributed by atoms with Crippen LogP contribution in [0.3, 0.4) is 0 Å². The van der Waals surface area contributed by atoms with Crippen molar-refractivity contribution in [2.75, 3.05) is 19.5 Å².